The van der Waals surface area contributed by atoms with E-state index in [-0.39, 0.29) is 44.0 Å². The molecule has 0 saturated carbocycles. The highest BCUT2D eigenvalue weighted by molar-refractivity contribution is 5.71. The van der Waals surface area contributed by atoms with Crippen molar-refractivity contribution in [2.45, 2.75) is 277 Å². The lowest BCUT2D eigenvalue weighted by Gasteiger charge is -2.18. The zero-order chi connectivity index (χ0) is 55.0. The van der Waals surface area contributed by atoms with E-state index in [9.17, 15) is 14.4 Å². The average molecular weight is 1050 g/mol. The molecule has 0 saturated heterocycles. The van der Waals surface area contributed by atoms with E-state index in [0.717, 1.165) is 96.3 Å². The zero-order valence-electron chi connectivity index (χ0n) is 49.2. The second kappa shape index (κ2) is 63.1. The maximum atomic E-state index is 12.9. The van der Waals surface area contributed by atoms with Gasteiger partial charge in [-0.3, -0.25) is 14.4 Å². The van der Waals surface area contributed by atoms with Gasteiger partial charge in [-0.05, 0) is 96.3 Å². The Hall–Kier alpha value is -4.45. The number of ether oxygens (including phenoxy) is 3. The molecule has 0 aliphatic rings. The van der Waals surface area contributed by atoms with Gasteiger partial charge >= 0.3 is 17.9 Å². The molecule has 0 N–H and O–H groups in total. The summed E-state index contributed by atoms with van der Waals surface area (Å²) in [4.78, 5) is 38.2. The van der Waals surface area contributed by atoms with Crippen molar-refractivity contribution in [3.63, 3.8) is 0 Å². The maximum Gasteiger partial charge on any atom is 0.306 e. The first-order chi connectivity index (χ1) is 37.5. The molecule has 1 unspecified atom stereocenters. The van der Waals surface area contributed by atoms with Crippen LogP contribution in [0, 0.1) is 0 Å². The van der Waals surface area contributed by atoms with Crippen LogP contribution in [0.3, 0.4) is 0 Å². The van der Waals surface area contributed by atoms with Crippen molar-refractivity contribution in [2.24, 2.45) is 0 Å². The Morgan fingerprint density at radius 1 is 0.276 bits per heavy atom. The molecular weight excluding hydrogens is 937 g/mol. The van der Waals surface area contributed by atoms with Gasteiger partial charge < -0.3 is 14.2 Å². The van der Waals surface area contributed by atoms with Gasteiger partial charge in [-0.1, -0.05) is 289 Å². The lowest BCUT2D eigenvalue weighted by molar-refractivity contribution is -0.166. The molecule has 0 fully saturated rings. The third-order valence-corrected chi connectivity index (χ3v) is 12.9. The molecule has 6 heteroatoms. The van der Waals surface area contributed by atoms with Gasteiger partial charge in [0, 0.05) is 19.3 Å². The van der Waals surface area contributed by atoms with E-state index >= 15 is 0 Å². The van der Waals surface area contributed by atoms with Gasteiger partial charge in [0.25, 0.3) is 0 Å². The van der Waals surface area contributed by atoms with E-state index in [2.05, 4.69) is 142 Å². The molecule has 0 aliphatic carbocycles. The van der Waals surface area contributed by atoms with E-state index < -0.39 is 6.10 Å². The fourth-order valence-electron chi connectivity index (χ4n) is 8.33. The Morgan fingerprint density at radius 3 is 0.868 bits per heavy atom. The molecule has 76 heavy (non-hydrogen) atoms. The summed E-state index contributed by atoms with van der Waals surface area (Å²) in [6, 6.07) is 0. The van der Waals surface area contributed by atoms with Crippen LogP contribution in [-0.4, -0.2) is 37.2 Å². The van der Waals surface area contributed by atoms with Crippen LogP contribution in [0.2, 0.25) is 0 Å². The smallest absolute Gasteiger partial charge is 0.306 e. The molecule has 0 aromatic carbocycles. The van der Waals surface area contributed by atoms with Gasteiger partial charge in [0.05, 0.1) is 0 Å². The summed E-state index contributed by atoms with van der Waals surface area (Å²) in [7, 11) is 0. The number of allylic oxidation sites excluding steroid dienone is 22. The van der Waals surface area contributed by atoms with Crippen LogP contribution in [0.5, 0.6) is 0 Å². The number of hydrogen-bond acceptors (Lipinski definition) is 6. The Kier molecular flexibility index (Phi) is 59.4. The van der Waals surface area contributed by atoms with E-state index in [1.807, 2.05) is 12.2 Å². The number of carbonyl (C=O) groups excluding carboxylic acids is 3. The van der Waals surface area contributed by atoms with Gasteiger partial charge in [-0.2, -0.15) is 0 Å². The number of esters is 3. The molecule has 0 aliphatic heterocycles. The largest absolute Gasteiger partial charge is 0.462 e. The summed E-state index contributed by atoms with van der Waals surface area (Å²) < 4.78 is 16.8. The summed E-state index contributed by atoms with van der Waals surface area (Å²) in [5.74, 6) is -1.07. The standard InChI is InChI=1S/C70H114O6/c1-4-7-10-13-16-19-22-25-27-29-31-33-35-37-38-40-42-45-48-51-54-57-60-63-69(72)75-66-67(65-74-68(71)62-59-56-53-50-47-44-24-21-18-15-12-9-6-3)76-70(73)64-61-58-55-52-49-46-43-41-39-36-34-32-30-28-26-23-20-17-14-11-8-5-2/h7,9-10,12,16,18-19,21,25,27,31,33,37-38,42,44-45,47,51,53-54,56,67H,4-6,8,11,13-15,17,20,22-24,26,28-30,32,34-36,39-41,43,46,48-50,52,55,57-66H2,1-3H3/b10-7-,12-9-,19-16-,21-18-,27-25-,33-31-,38-37-,45-42-,47-44-,54-51-,56-53-. The molecule has 0 bridgehead atoms. The minimum absolute atomic E-state index is 0.132. The van der Waals surface area contributed by atoms with Crippen molar-refractivity contribution >= 4 is 17.9 Å². The minimum Gasteiger partial charge on any atom is -0.462 e. The molecule has 0 aromatic heterocycles. The molecule has 6 nitrogen and oxygen atoms in total. The van der Waals surface area contributed by atoms with E-state index in [0.29, 0.717) is 19.3 Å². The van der Waals surface area contributed by atoms with Crippen molar-refractivity contribution < 1.29 is 28.6 Å². The van der Waals surface area contributed by atoms with E-state index in [4.69, 9.17) is 14.2 Å². The van der Waals surface area contributed by atoms with Gasteiger partial charge in [-0.25, -0.2) is 0 Å². The van der Waals surface area contributed by atoms with Crippen LogP contribution in [-0.2, 0) is 28.6 Å². The average Bonchev–Trinajstić information content (AvgIpc) is 3.42. The fraction of sp³-hybridized carbons (Fsp3) is 0.643. The van der Waals surface area contributed by atoms with Crippen LogP contribution in [0.1, 0.15) is 271 Å². The topological polar surface area (TPSA) is 78.9 Å². The number of unbranched alkanes of at least 4 members (excludes halogenated alkanes) is 22. The predicted molar refractivity (Wildman–Crippen MR) is 329 cm³/mol. The summed E-state index contributed by atoms with van der Waals surface area (Å²) in [5.41, 5.74) is 0. The van der Waals surface area contributed by atoms with Crippen LogP contribution < -0.4 is 0 Å². The second-order valence-corrected chi connectivity index (χ2v) is 20.2. The minimum atomic E-state index is -0.834. The van der Waals surface area contributed by atoms with Gasteiger partial charge in [0.15, 0.2) is 6.10 Å². The monoisotopic (exact) mass is 1050 g/mol. The van der Waals surface area contributed by atoms with Crippen LogP contribution in [0.15, 0.2) is 134 Å². The van der Waals surface area contributed by atoms with Gasteiger partial charge in [0.2, 0.25) is 0 Å². The predicted octanol–water partition coefficient (Wildman–Crippen LogP) is 21.4. The molecule has 0 radical (unpaired) electrons. The number of hydrogen-bond donors (Lipinski definition) is 0. The summed E-state index contributed by atoms with van der Waals surface area (Å²) >= 11 is 0. The molecule has 0 amide bonds. The quantitative estimate of drug-likeness (QED) is 0.0261. The Labute approximate surface area is 468 Å². The number of rotatable bonds is 55. The van der Waals surface area contributed by atoms with Crippen LogP contribution in [0.25, 0.3) is 0 Å². The zero-order valence-corrected chi connectivity index (χ0v) is 49.2. The first kappa shape index (κ1) is 71.5. The molecule has 0 rings (SSSR count). The Bertz CT molecular complexity index is 1630. The summed E-state index contributed by atoms with van der Waals surface area (Å²) in [5, 5.41) is 0. The Morgan fingerprint density at radius 2 is 0.539 bits per heavy atom. The highest BCUT2D eigenvalue weighted by atomic mass is 16.6. The summed E-state index contributed by atoms with van der Waals surface area (Å²) in [6.45, 7) is 6.31. The second-order valence-electron chi connectivity index (χ2n) is 20.2. The summed E-state index contributed by atoms with van der Waals surface area (Å²) in [6.07, 6.45) is 89.1. The molecule has 0 aromatic rings. The maximum absolute atomic E-state index is 12.9. The van der Waals surface area contributed by atoms with Crippen LogP contribution >= 0.6 is 0 Å². The Balaban J connectivity index is 4.48. The van der Waals surface area contributed by atoms with Crippen molar-refractivity contribution in [2.75, 3.05) is 13.2 Å². The van der Waals surface area contributed by atoms with Crippen molar-refractivity contribution in [1.82, 2.24) is 0 Å². The third-order valence-electron chi connectivity index (χ3n) is 12.9. The SMILES string of the molecule is CC/C=C\C/C=C\C/C=C\C/C=C\C/C=C\C/C=C\C/C=C\CCCC(=O)OCC(COC(=O)CC/C=C\C/C=C\C/C=C\C/C=C\CC)OC(=O)CCCCCCCCCCCCCCCCCCCCCCCC. The first-order valence-electron chi connectivity index (χ1n) is 31.2. The molecule has 0 heterocycles. The molecule has 0 spiro atoms. The lowest BCUT2D eigenvalue weighted by atomic mass is 10.0. The van der Waals surface area contributed by atoms with Crippen LogP contribution in [0.4, 0.5) is 0 Å². The highest BCUT2D eigenvalue weighted by Gasteiger charge is 2.19. The van der Waals surface area contributed by atoms with Gasteiger partial charge in [0.1, 0.15) is 13.2 Å². The van der Waals surface area contributed by atoms with E-state index in [1.165, 1.54) is 122 Å². The normalized spacial score (nSPS) is 13.0. The molecule has 430 valence electrons. The van der Waals surface area contributed by atoms with Crippen molar-refractivity contribution in [3.05, 3.63) is 134 Å². The van der Waals surface area contributed by atoms with Crippen molar-refractivity contribution in [3.8, 4) is 0 Å². The van der Waals surface area contributed by atoms with E-state index in [1.54, 1.807) is 0 Å². The number of carbonyl (C=O) groups is 3. The van der Waals surface area contributed by atoms with Gasteiger partial charge in [-0.15, -0.1) is 0 Å². The van der Waals surface area contributed by atoms with Crippen molar-refractivity contribution in [1.29, 1.82) is 0 Å². The molecular formula is C70H114O6. The fourth-order valence-corrected chi connectivity index (χ4v) is 8.33. The molecule has 1 atom stereocenters. The first-order valence-corrected chi connectivity index (χ1v) is 31.2. The third kappa shape index (κ3) is 60.4. The highest BCUT2D eigenvalue weighted by Crippen LogP contribution is 2.16. The lowest BCUT2D eigenvalue weighted by Crippen LogP contribution is -2.30.